The molecule has 1 fully saturated rings. The van der Waals surface area contributed by atoms with Crippen LogP contribution in [0.1, 0.15) is 19.4 Å². The van der Waals surface area contributed by atoms with Crippen LogP contribution in [0.5, 0.6) is 0 Å². The summed E-state index contributed by atoms with van der Waals surface area (Å²) in [6.07, 6.45) is 0. The number of hydrogen-bond donors (Lipinski definition) is 2. The number of anilines is 1. The van der Waals surface area contributed by atoms with Crippen LogP contribution in [0, 0.1) is 11.7 Å². The van der Waals surface area contributed by atoms with Crippen LogP contribution >= 0.6 is 0 Å². The molecule has 0 bridgehead atoms. The average Bonchev–Trinajstić information content (AvgIpc) is 2.47. The van der Waals surface area contributed by atoms with Crippen LogP contribution in [-0.4, -0.2) is 48.7 Å². The van der Waals surface area contributed by atoms with Gasteiger partial charge in [0.1, 0.15) is 5.82 Å². The molecule has 6 heteroatoms. The molecule has 1 saturated heterocycles. The van der Waals surface area contributed by atoms with Gasteiger partial charge in [0.2, 0.25) is 0 Å². The molecular weight excluding hydrogens is 271 g/mol. The predicted octanol–water partition coefficient (Wildman–Crippen LogP) is 1.70. The van der Waals surface area contributed by atoms with Crippen LogP contribution in [0.4, 0.5) is 10.1 Å². The van der Waals surface area contributed by atoms with E-state index in [1.807, 2.05) is 0 Å². The number of benzene rings is 1. The molecule has 0 saturated carbocycles. The van der Waals surface area contributed by atoms with E-state index in [0.29, 0.717) is 11.5 Å². The fourth-order valence-corrected chi connectivity index (χ4v) is 2.73. The van der Waals surface area contributed by atoms with Crippen LogP contribution < -0.4 is 10.6 Å². The fourth-order valence-electron chi connectivity index (χ4n) is 2.73. The van der Waals surface area contributed by atoms with Crippen LogP contribution in [0.25, 0.3) is 0 Å². The maximum Gasteiger partial charge on any atom is 0.172 e. The minimum absolute atomic E-state index is 0.0610. The molecule has 1 aliphatic rings. The van der Waals surface area contributed by atoms with Gasteiger partial charge in [0.15, 0.2) is 5.84 Å². The van der Waals surface area contributed by atoms with Gasteiger partial charge >= 0.3 is 0 Å². The van der Waals surface area contributed by atoms with E-state index in [4.69, 9.17) is 10.9 Å². The molecule has 0 aliphatic carbocycles. The molecule has 0 amide bonds. The summed E-state index contributed by atoms with van der Waals surface area (Å²) in [5, 5.41) is 11.9. The Balaban J connectivity index is 2.13. The first-order valence-electron chi connectivity index (χ1n) is 7.26. The largest absolute Gasteiger partial charge is 0.409 e. The first-order valence-corrected chi connectivity index (χ1v) is 7.26. The topological polar surface area (TPSA) is 65.1 Å². The third-order valence-electron chi connectivity index (χ3n) is 3.68. The molecule has 0 spiro atoms. The maximum absolute atomic E-state index is 13.4. The standard InChI is InChI=1S/C15H23FN4O/c1-11(2)10-19-5-7-20(8-6-19)14-4-3-12(16)9-13(14)15(17)18-21/h3-4,9,11,21H,5-8,10H2,1-2H3,(H2,17,18). The van der Waals surface area contributed by atoms with Gasteiger partial charge in [-0.3, -0.25) is 4.90 Å². The first kappa shape index (κ1) is 15.6. The zero-order valence-corrected chi connectivity index (χ0v) is 12.6. The van der Waals surface area contributed by atoms with Crippen molar-refractivity contribution in [2.45, 2.75) is 13.8 Å². The molecule has 116 valence electrons. The number of nitrogens with zero attached hydrogens (tertiary/aromatic N) is 3. The summed E-state index contributed by atoms with van der Waals surface area (Å²) in [5.74, 6) is 0.197. The molecule has 21 heavy (non-hydrogen) atoms. The number of halogens is 1. The van der Waals surface area contributed by atoms with Crippen LogP contribution in [-0.2, 0) is 0 Å². The lowest BCUT2D eigenvalue weighted by atomic mass is 10.1. The minimum Gasteiger partial charge on any atom is -0.409 e. The molecule has 1 heterocycles. The van der Waals surface area contributed by atoms with Gasteiger partial charge in [-0.25, -0.2) is 4.39 Å². The summed E-state index contributed by atoms with van der Waals surface area (Å²) in [6.45, 7) is 9.14. The van der Waals surface area contributed by atoms with Gasteiger partial charge in [-0.2, -0.15) is 0 Å². The van der Waals surface area contributed by atoms with E-state index in [1.165, 1.54) is 12.1 Å². The lowest BCUT2D eigenvalue weighted by Crippen LogP contribution is -2.48. The zero-order valence-electron chi connectivity index (χ0n) is 12.6. The normalized spacial score (nSPS) is 17.5. The summed E-state index contributed by atoms with van der Waals surface area (Å²) in [6, 6.07) is 4.41. The van der Waals surface area contributed by atoms with Crippen molar-refractivity contribution < 1.29 is 9.60 Å². The van der Waals surface area contributed by atoms with Crippen molar-refractivity contribution in [3.05, 3.63) is 29.6 Å². The molecule has 5 nitrogen and oxygen atoms in total. The second kappa shape index (κ2) is 6.76. The summed E-state index contributed by atoms with van der Waals surface area (Å²) in [5.41, 5.74) is 6.92. The number of oxime groups is 1. The number of nitrogens with two attached hydrogens (primary N) is 1. The molecule has 1 aromatic rings. The van der Waals surface area contributed by atoms with Gasteiger partial charge in [-0.15, -0.1) is 0 Å². The molecule has 0 aromatic heterocycles. The van der Waals surface area contributed by atoms with E-state index in [2.05, 4.69) is 28.8 Å². The average molecular weight is 294 g/mol. The van der Waals surface area contributed by atoms with Crippen molar-refractivity contribution >= 4 is 11.5 Å². The Morgan fingerprint density at radius 1 is 1.33 bits per heavy atom. The third-order valence-corrected chi connectivity index (χ3v) is 3.68. The quantitative estimate of drug-likeness (QED) is 0.384. The second-order valence-electron chi connectivity index (χ2n) is 5.83. The van der Waals surface area contributed by atoms with Crippen molar-refractivity contribution in [2.24, 2.45) is 16.8 Å². The maximum atomic E-state index is 13.4. The summed E-state index contributed by atoms with van der Waals surface area (Å²) < 4.78 is 13.4. The molecule has 0 atom stereocenters. The van der Waals surface area contributed by atoms with Gasteiger partial charge in [0, 0.05) is 44.0 Å². The molecular formula is C15H23FN4O. The Morgan fingerprint density at radius 3 is 2.57 bits per heavy atom. The zero-order chi connectivity index (χ0) is 15.4. The van der Waals surface area contributed by atoms with Crippen LogP contribution in [0.3, 0.4) is 0 Å². The Kier molecular flexibility index (Phi) is 5.01. The number of amidine groups is 1. The summed E-state index contributed by atoms with van der Waals surface area (Å²) in [4.78, 5) is 4.58. The molecule has 3 N–H and O–H groups in total. The Labute approximate surface area is 124 Å². The van der Waals surface area contributed by atoms with Crippen molar-refractivity contribution in [2.75, 3.05) is 37.6 Å². The van der Waals surface area contributed by atoms with Crippen molar-refractivity contribution in [1.82, 2.24) is 4.90 Å². The lowest BCUT2D eigenvalue weighted by Gasteiger charge is -2.37. The number of hydrogen-bond acceptors (Lipinski definition) is 4. The monoisotopic (exact) mass is 294 g/mol. The SMILES string of the molecule is CC(C)CN1CCN(c2ccc(F)cc2C(N)=NO)CC1. The highest BCUT2D eigenvalue weighted by molar-refractivity contribution is 6.02. The second-order valence-corrected chi connectivity index (χ2v) is 5.83. The van der Waals surface area contributed by atoms with Crippen molar-refractivity contribution in [3.63, 3.8) is 0 Å². The lowest BCUT2D eigenvalue weighted by molar-refractivity contribution is 0.231. The van der Waals surface area contributed by atoms with E-state index in [0.717, 1.165) is 38.4 Å². The molecule has 0 radical (unpaired) electrons. The van der Waals surface area contributed by atoms with Gasteiger partial charge in [-0.1, -0.05) is 19.0 Å². The molecule has 2 rings (SSSR count). The van der Waals surface area contributed by atoms with Gasteiger partial charge in [0.05, 0.1) is 0 Å². The highest BCUT2D eigenvalue weighted by Crippen LogP contribution is 2.23. The third kappa shape index (κ3) is 3.85. The van der Waals surface area contributed by atoms with Gasteiger partial charge in [-0.05, 0) is 24.1 Å². The highest BCUT2D eigenvalue weighted by Gasteiger charge is 2.21. The van der Waals surface area contributed by atoms with Crippen molar-refractivity contribution in [1.29, 1.82) is 0 Å². The van der Waals surface area contributed by atoms with E-state index < -0.39 is 5.82 Å². The Bertz CT molecular complexity index is 510. The fraction of sp³-hybridized carbons (Fsp3) is 0.533. The molecule has 0 unspecified atom stereocenters. The minimum atomic E-state index is -0.390. The Hall–Kier alpha value is -1.82. The molecule has 1 aromatic carbocycles. The van der Waals surface area contributed by atoms with Crippen LogP contribution in [0.15, 0.2) is 23.4 Å². The van der Waals surface area contributed by atoms with E-state index in [1.54, 1.807) is 6.07 Å². The summed E-state index contributed by atoms with van der Waals surface area (Å²) in [7, 11) is 0. The van der Waals surface area contributed by atoms with Gasteiger partial charge < -0.3 is 15.8 Å². The number of piperazine rings is 1. The van der Waals surface area contributed by atoms with Gasteiger partial charge in [0.25, 0.3) is 0 Å². The smallest absolute Gasteiger partial charge is 0.172 e. The van der Waals surface area contributed by atoms with E-state index >= 15 is 0 Å². The highest BCUT2D eigenvalue weighted by atomic mass is 19.1. The predicted molar refractivity (Wildman–Crippen MR) is 82.4 cm³/mol. The van der Waals surface area contributed by atoms with Crippen molar-refractivity contribution in [3.8, 4) is 0 Å². The molecule has 1 aliphatic heterocycles. The van der Waals surface area contributed by atoms with E-state index in [-0.39, 0.29) is 5.84 Å². The van der Waals surface area contributed by atoms with E-state index in [9.17, 15) is 4.39 Å². The Morgan fingerprint density at radius 2 is 2.00 bits per heavy atom. The first-order chi connectivity index (χ1) is 10.0. The van der Waals surface area contributed by atoms with Crippen LogP contribution in [0.2, 0.25) is 0 Å². The number of rotatable bonds is 4. The summed E-state index contributed by atoms with van der Waals surface area (Å²) >= 11 is 0.